The molecule has 6 heteroatoms. The van der Waals surface area contributed by atoms with Crippen molar-refractivity contribution in [2.24, 2.45) is 5.84 Å². The van der Waals surface area contributed by atoms with Gasteiger partial charge in [0.1, 0.15) is 17.5 Å². The zero-order chi connectivity index (χ0) is 15.2. The van der Waals surface area contributed by atoms with E-state index in [4.69, 9.17) is 5.84 Å². The topological polar surface area (TPSA) is 67.1 Å². The SMILES string of the molecule is CCCc1nc(NN)cc(N(C)Cc2cccc(Br)c2)n1. The van der Waals surface area contributed by atoms with Crippen molar-refractivity contribution in [2.45, 2.75) is 26.3 Å². The predicted molar refractivity (Wildman–Crippen MR) is 90.1 cm³/mol. The average molecular weight is 350 g/mol. The minimum absolute atomic E-state index is 0.643. The fourth-order valence-corrected chi connectivity index (χ4v) is 2.52. The maximum atomic E-state index is 5.49. The van der Waals surface area contributed by atoms with E-state index < -0.39 is 0 Å². The van der Waals surface area contributed by atoms with Gasteiger partial charge in [0.15, 0.2) is 0 Å². The monoisotopic (exact) mass is 349 g/mol. The molecule has 0 bridgehead atoms. The highest BCUT2D eigenvalue weighted by Crippen LogP contribution is 2.19. The van der Waals surface area contributed by atoms with Gasteiger partial charge >= 0.3 is 0 Å². The van der Waals surface area contributed by atoms with E-state index in [0.717, 1.165) is 35.5 Å². The number of aromatic nitrogens is 2. The molecule has 1 heterocycles. The molecule has 0 atom stereocenters. The fourth-order valence-electron chi connectivity index (χ4n) is 2.08. The van der Waals surface area contributed by atoms with Crippen LogP contribution in [0.4, 0.5) is 11.6 Å². The molecule has 2 aromatic rings. The highest BCUT2D eigenvalue weighted by molar-refractivity contribution is 9.10. The maximum absolute atomic E-state index is 5.49. The first-order valence-electron chi connectivity index (χ1n) is 6.92. The van der Waals surface area contributed by atoms with Crippen LogP contribution in [0.15, 0.2) is 34.8 Å². The number of nitrogen functional groups attached to an aromatic ring is 1. The van der Waals surface area contributed by atoms with Crippen LogP contribution in [-0.2, 0) is 13.0 Å². The smallest absolute Gasteiger partial charge is 0.145 e. The third kappa shape index (κ3) is 4.41. The van der Waals surface area contributed by atoms with Crippen molar-refractivity contribution < 1.29 is 0 Å². The quantitative estimate of drug-likeness (QED) is 0.619. The van der Waals surface area contributed by atoms with Gasteiger partial charge in [0.2, 0.25) is 0 Å². The third-order valence-electron chi connectivity index (χ3n) is 3.08. The summed E-state index contributed by atoms with van der Waals surface area (Å²) in [7, 11) is 2.01. The molecule has 0 aliphatic rings. The van der Waals surface area contributed by atoms with Crippen LogP contribution >= 0.6 is 15.9 Å². The lowest BCUT2D eigenvalue weighted by Gasteiger charge is -2.19. The normalized spacial score (nSPS) is 10.5. The third-order valence-corrected chi connectivity index (χ3v) is 3.57. The van der Waals surface area contributed by atoms with E-state index in [2.05, 4.69) is 55.3 Å². The number of nitrogens with zero attached hydrogens (tertiary/aromatic N) is 3. The summed E-state index contributed by atoms with van der Waals surface area (Å²) in [5.74, 6) is 7.81. The van der Waals surface area contributed by atoms with E-state index in [1.807, 2.05) is 25.2 Å². The van der Waals surface area contributed by atoms with Crippen LogP contribution in [0.3, 0.4) is 0 Å². The summed E-state index contributed by atoms with van der Waals surface area (Å²) < 4.78 is 1.08. The largest absolute Gasteiger partial charge is 0.355 e. The molecule has 0 radical (unpaired) electrons. The lowest BCUT2D eigenvalue weighted by atomic mass is 10.2. The highest BCUT2D eigenvalue weighted by atomic mass is 79.9. The molecular weight excluding hydrogens is 330 g/mol. The van der Waals surface area contributed by atoms with Crippen molar-refractivity contribution >= 4 is 27.6 Å². The van der Waals surface area contributed by atoms with E-state index >= 15 is 0 Å². The fraction of sp³-hybridized carbons (Fsp3) is 0.333. The summed E-state index contributed by atoms with van der Waals surface area (Å²) in [4.78, 5) is 11.0. The summed E-state index contributed by atoms with van der Waals surface area (Å²) in [5.41, 5.74) is 3.82. The Bertz CT molecular complexity index is 602. The molecule has 0 fully saturated rings. The maximum Gasteiger partial charge on any atom is 0.145 e. The number of aryl methyl sites for hydroxylation is 1. The Balaban J connectivity index is 2.21. The zero-order valence-corrected chi connectivity index (χ0v) is 13.9. The van der Waals surface area contributed by atoms with Crippen molar-refractivity contribution in [3.63, 3.8) is 0 Å². The molecule has 1 aromatic heterocycles. The van der Waals surface area contributed by atoms with Crippen LogP contribution in [0.1, 0.15) is 24.7 Å². The molecule has 0 saturated carbocycles. The molecular formula is C15H20BrN5. The number of anilines is 2. The van der Waals surface area contributed by atoms with E-state index in [1.54, 1.807) is 0 Å². The summed E-state index contributed by atoms with van der Waals surface area (Å²) in [6.45, 7) is 2.88. The molecule has 3 N–H and O–H groups in total. The summed E-state index contributed by atoms with van der Waals surface area (Å²) in [6.07, 6.45) is 1.84. The van der Waals surface area contributed by atoms with E-state index in [9.17, 15) is 0 Å². The first kappa shape index (κ1) is 15.7. The number of hydrogen-bond donors (Lipinski definition) is 2. The van der Waals surface area contributed by atoms with Gasteiger partial charge in [-0.25, -0.2) is 15.8 Å². The molecule has 0 amide bonds. The highest BCUT2D eigenvalue weighted by Gasteiger charge is 2.08. The Morgan fingerprint density at radius 3 is 2.76 bits per heavy atom. The van der Waals surface area contributed by atoms with Crippen molar-refractivity contribution in [1.82, 2.24) is 9.97 Å². The zero-order valence-electron chi connectivity index (χ0n) is 12.3. The molecule has 0 aliphatic carbocycles. The van der Waals surface area contributed by atoms with Crippen LogP contribution in [-0.4, -0.2) is 17.0 Å². The first-order chi connectivity index (χ1) is 10.1. The Morgan fingerprint density at radius 2 is 2.10 bits per heavy atom. The second-order valence-corrected chi connectivity index (χ2v) is 5.82. The Morgan fingerprint density at radius 1 is 1.29 bits per heavy atom. The lowest BCUT2D eigenvalue weighted by Crippen LogP contribution is -2.20. The van der Waals surface area contributed by atoms with Gasteiger partial charge in [-0.1, -0.05) is 35.0 Å². The number of nitrogens with one attached hydrogen (secondary N) is 1. The number of hydrazine groups is 1. The average Bonchev–Trinajstić information content (AvgIpc) is 2.47. The van der Waals surface area contributed by atoms with Crippen LogP contribution in [0.25, 0.3) is 0 Å². The van der Waals surface area contributed by atoms with E-state index in [-0.39, 0.29) is 0 Å². The predicted octanol–water partition coefficient (Wildman–Crippen LogP) is 3.11. The van der Waals surface area contributed by atoms with Gasteiger partial charge in [-0.05, 0) is 24.1 Å². The number of benzene rings is 1. The van der Waals surface area contributed by atoms with Gasteiger partial charge in [0.25, 0.3) is 0 Å². The van der Waals surface area contributed by atoms with Crippen LogP contribution in [0.5, 0.6) is 0 Å². The number of rotatable bonds is 6. The van der Waals surface area contributed by atoms with Gasteiger partial charge in [0.05, 0.1) is 0 Å². The van der Waals surface area contributed by atoms with Crippen molar-refractivity contribution in [3.8, 4) is 0 Å². The molecule has 2 rings (SSSR count). The Kier molecular flexibility index (Phi) is 5.52. The Labute approximate surface area is 133 Å². The number of hydrogen-bond acceptors (Lipinski definition) is 5. The second kappa shape index (κ2) is 7.38. The lowest BCUT2D eigenvalue weighted by molar-refractivity contribution is 0.812. The molecule has 0 unspecified atom stereocenters. The molecule has 112 valence electrons. The van der Waals surface area contributed by atoms with Gasteiger partial charge in [0, 0.05) is 30.6 Å². The van der Waals surface area contributed by atoms with Crippen LogP contribution in [0, 0.1) is 0 Å². The molecule has 1 aromatic carbocycles. The van der Waals surface area contributed by atoms with Gasteiger partial charge in [-0.3, -0.25) is 0 Å². The number of halogens is 1. The minimum atomic E-state index is 0.643. The number of nitrogens with two attached hydrogens (primary N) is 1. The standard InChI is InChI=1S/C15H20BrN5/c1-3-5-13-18-14(20-17)9-15(19-13)21(2)10-11-6-4-7-12(16)8-11/h4,6-9H,3,5,10,17H2,1-2H3,(H,18,19,20). The molecule has 21 heavy (non-hydrogen) atoms. The van der Waals surface area contributed by atoms with Crippen LogP contribution < -0.4 is 16.2 Å². The van der Waals surface area contributed by atoms with Crippen molar-refractivity contribution in [2.75, 3.05) is 17.4 Å². The van der Waals surface area contributed by atoms with Crippen LogP contribution in [0.2, 0.25) is 0 Å². The molecule has 0 spiro atoms. The van der Waals surface area contributed by atoms with Gasteiger partial charge in [-0.15, -0.1) is 0 Å². The van der Waals surface area contributed by atoms with E-state index in [1.165, 1.54) is 5.56 Å². The van der Waals surface area contributed by atoms with Gasteiger partial charge in [-0.2, -0.15) is 0 Å². The second-order valence-electron chi connectivity index (χ2n) is 4.91. The summed E-state index contributed by atoms with van der Waals surface area (Å²) >= 11 is 3.49. The van der Waals surface area contributed by atoms with Gasteiger partial charge < -0.3 is 10.3 Å². The molecule has 0 saturated heterocycles. The Hall–Kier alpha value is -1.66. The van der Waals surface area contributed by atoms with Crippen molar-refractivity contribution in [1.29, 1.82) is 0 Å². The van der Waals surface area contributed by atoms with E-state index in [0.29, 0.717) is 5.82 Å². The first-order valence-corrected chi connectivity index (χ1v) is 7.72. The molecule has 5 nitrogen and oxygen atoms in total. The molecule has 0 aliphatic heterocycles. The summed E-state index contributed by atoms with van der Waals surface area (Å²) in [6, 6.07) is 10.1. The summed E-state index contributed by atoms with van der Waals surface area (Å²) in [5, 5.41) is 0. The minimum Gasteiger partial charge on any atom is -0.355 e. The van der Waals surface area contributed by atoms with Crippen molar-refractivity contribution in [3.05, 3.63) is 46.2 Å².